The number of carbonyl (C=O) groups excluding carboxylic acids is 1. The first-order valence-electron chi connectivity index (χ1n) is 18.5. The number of likely N-dealkylation sites (N-methyl/N-ethyl adjacent to an activating group) is 1. The van der Waals surface area contributed by atoms with E-state index < -0.39 is 35.2 Å². The molecule has 0 fully saturated rings. The molecule has 0 spiro atoms. The zero-order valence-electron chi connectivity index (χ0n) is 32.3. The second-order valence-electron chi connectivity index (χ2n) is 14.5. The van der Waals surface area contributed by atoms with Gasteiger partial charge in [0.25, 0.3) is 5.01 Å². The fourth-order valence-electron chi connectivity index (χ4n) is 6.50. The molecule has 0 bridgehead atoms. The van der Waals surface area contributed by atoms with Gasteiger partial charge in [-0.1, -0.05) is 47.6 Å². The van der Waals surface area contributed by atoms with Gasteiger partial charge >= 0.3 is 18.4 Å². The maximum atomic E-state index is 13.8. The summed E-state index contributed by atoms with van der Waals surface area (Å²) in [5.74, 6) is 0.483. The number of ether oxygens (including phenoxy) is 1. The number of aromatic nitrogens is 1. The number of thioether (sulfide) groups is 1. The molecule has 1 aliphatic carbocycles. The standard InChI is InChI=1S/C40H45F6N3O5S3/c1-6-7-8-21-48-30-24-28(39(41,42)43)15-17-32(30)56-34(48)19-13-26-11-12-27(36(26)47(5)37(50)52-38(2,3)4)14-20-35-49(22-9-10-23-55-54-53-51)31-25-29(40(44,45)46)16-18-33(31)57-35/h13-20,24-25H,6-12,21-23H2,1-5H3/p+1. The average Bonchev–Trinajstić information content (AvgIpc) is 3.81. The number of aryl methyl sites for hydroxylation is 1. The Bertz CT molecular complexity index is 2040. The van der Waals surface area contributed by atoms with Crippen molar-refractivity contribution in [3.8, 4) is 0 Å². The molecule has 0 atom stereocenters. The topological polar surface area (TPSA) is 75.4 Å². The quantitative estimate of drug-likeness (QED) is 0.0404. The number of hydrogen-bond acceptors (Lipinski definition) is 9. The normalized spacial score (nSPS) is 16.6. The van der Waals surface area contributed by atoms with E-state index in [1.807, 2.05) is 33.8 Å². The van der Waals surface area contributed by atoms with Gasteiger partial charge in [-0.05, 0) is 107 Å². The van der Waals surface area contributed by atoms with Crippen LogP contribution in [0.1, 0.15) is 88.8 Å². The number of benzene rings is 2. The Kier molecular flexibility index (Phi) is 14.9. The highest BCUT2D eigenvalue weighted by molar-refractivity contribution is 8.03. The van der Waals surface area contributed by atoms with Crippen molar-refractivity contribution >= 4 is 63.2 Å². The highest BCUT2D eigenvalue weighted by Crippen LogP contribution is 2.48. The summed E-state index contributed by atoms with van der Waals surface area (Å²) in [6.07, 6.45) is 2.96. The van der Waals surface area contributed by atoms with Gasteiger partial charge in [-0.15, -0.1) is 4.33 Å². The number of halogens is 6. The van der Waals surface area contributed by atoms with Crippen LogP contribution < -0.4 is 9.47 Å². The lowest BCUT2D eigenvalue weighted by molar-refractivity contribution is -0.669. The summed E-state index contributed by atoms with van der Waals surface area (Å²) in [4.78, 5) is 17.5. The van der Waals surface area contributed by atoms with Crippen LogP contribution in [0, 0.1) is 0 Å². The summed E-state index contributed by atoms with van der Waals surface area (Å²) >= 11 is 3.66. The highest BCUT2D eigenvalue weighted by atomic mass is 32.2. The largest absolute Gasteiger partial charge is 0.443 e. The van der Waals surface area contributed by atoms with Crippen LogP contribution in [-0.2, 0) is 33.0 Å². The van der Waals surface area contributed by atoms with Crippen molar-refractivity contribution in [1.29, 1.82) is 0 Å². The lowest BCUT2D eigenvalue weighted by atomic mass is 10.1. The second kappa shape index (κ2) is 19.1. The van der Waals surface area contributed by atoms with Crippen molar-refractivity contribution in [2.45, 2.75) is 102 Å². The Morgan fingerprint density at radius 1 is 0.965 bits per heavy atom. The van der Waals surface area contributed by atoms with Crippen LogP contribution in [0.2, 0.25) is 0 Å². The number of nitrogens with zero attached hydrogens (tertiary/aromatic N) is 3. The van der Waals surface area contributed by atoms with Crippen LogP contribution in [0.3, 0.4) is 0 Å². The SMILES string of the molecule is CCCCC[n+]1c(C=CC2=C(N(C)C(=O)OC(C)(C)C)C(=CC=C3Sc4ccc(C(F)(F)F)cc4N3CCCCSOOO)CC2)sc2ccc(C(F)(F)F)cc21. The highest BCUT2D eigenvalue weighted by Gasteiger charge is 2.35. The maximum absolute atomic E-state index is 13.8. The number of hydrogen-bond donors (Lipinski definition) is 1. The summed E-state index contributed by atoms with van der Waals surface area (Å²) < 4.78 is 95.3. The molecule has 2 aromatic carbocycles. The molecular formula is C40H46F6N3O5S3+. The van der Waals surface area contributed by atoms with E-state index >= 15 is 0 Å². The smallest absolute Gasteiger partial charge is 0.416 e. The third-order valence-corrected chi connectivity index (χ3v) is 12.0. The van der Waals surface area contributed by atoms with E-state index in [0.717, 1.165) is 70.4 Å². The van der Waals surface area contributed by atoms with Crippen molar-refractivity contribution < 1.29 is 55.1 Å². The van der Waals surface area contributed by atoms with Crippen LogP contribution >= 0.6 is 35.1 Å². The first-order chi connectivity index (χ1) is 26.9. The number of unbranched alkanes of at least 4 members (excludes halogenated alkanes) is 3. The lowest BCUT2D eigenvalue weighted by Crippen LogP contribution is -2.35. The van der Waals surface area contributed by atoms with Crippen molar-refractivity contribution in [3.05, 3.63) is 92.6 Å². The summed E-state index contributed by atoms with van der Waals surface area (Å²) in [7, 11) is 1.63. The molecule has 0 saturated carbocycles. The van der Waals surface area contributed by atoms with Crippen LogP contribution in [0.4, 0.5) is 36.8 Å². The molecule has 8 nitrogen and oxygen atoms in total. The number of allylic oxidation sites excluding steroid dienone is 5. The van der Waals surface area contributed by atoms with Gasteiger partial charge in [-0.3, -0.25) is 4.90 Å². The molecule has 2 aliphatic rings. The van der Waals surface area contributed by atoms with Gasteiger partial charge in [0.2, 0.25) is 5.52 Å². The Balaban J connectivity index is 1.54. The number of alkyl halides is 6. The number of rotatable bonds is 15. The number of anilines is 1. The van der Waals surface area contributed by atoms with Gasteiger partial charge in [-0.2, -0.15) is 30.9 Å². The van der Waals surface area contributed by atoms with Crippen molar-refractivity contribution in [2.75, 3.05) is 24.2 Å². The third-order valence-electron chi connectivity index (χ3n) is 9.17. The Labute approximate surface area is 340 Å². The second-order valence-corrected chi connectivity index (χ2v) is 17.4. The molecule has 3 aromatic rings. The number of carbonyl (C=O) groups is 1. The van der Waals surface area contributed by atoms with Crippen molar-refractivity contribution in [2.24, 2.45) is 0 Å². The molecule has 5 rings (SSSR count). The summed E-state index contributed by atoms with van der Waals surface area (Å²) in [6, 6.07) is 7.50. The number of thiazole rings is 1. The molecule has 0 radical (unpaired) electrons. The van der Waals surface area contributed by atoms with Gasteiger partial charge in [0, 0.05) is 54.8 Å². The van der Waals surface area contributed by atoms with Gasteiger partial charge in [-0.25, -0.2) is 10.1 Å². The average molecular weight is 859 g/mol. The fraction of sp³-hybridized carbons (Fsp3) is 0.450. The maximum Gasteiger partial charge on any atom is 0.416 e. The predicted octanol–water partition coefficient (Wildman–Crippen LogP) is 12.6. The molecule has 17 heteroatoms. The first-order valence-corrected chi connectivity index (χ1v) is 21.0. The molecule has 310 valence electrons. The molecular weight excluding hydrogens is 813 g/mol. The van der Waals surface area contributed by atoms with Gasteiger partial charge in [0.15, 0.2) is 6.54 Å². The van der Waals surface area contributed by atoms with E-state index in [-0.39, 0.29) is 0 Å². The monoisotopic (exact) mass is 858 g/mol. The molecule has 2 heterocycles. The fourth-order valence-corrected chi connectivity index (χ4v) is 9.08. The lowest BCUT2D eigenvalue weighted by Gasteiger charge is -2.26. The molecule has 0 unspecified atom stereocenters. The van der Waals surface area contributed by atoms with Crippen LogP contribution in [-0.4, -0.2) is 41.2 Å². The van der Waals surface area contributed by atoms with E-state index in [9.17, 15) is 31.1 Å². The first kappa shape index (κ1) is 44.6. The van der Waals surface area contributed by atoms with Gasteiger partial charge < -0.3 is 9.64 Å². The number of fused-ring (bicyclic) bond motifs is 2. The van der Waals surface area contributed by atoms with E-state index in [0.29, 0.717) is 71.4 Å². The third kappa shape index (κ3) is 11.6. The zero-order valence-corrected chi connectivity index (χ0v) is 34.7. The van der Waals surface area contributed by atoms with Crippen LogP contribution in [0.15, 0.2) is 81.4 Å². The Morgan fingerprint density at radius 3 is 2.37 bits per heavy atom. The minimum Gasteiger partial charge on any atom is -0.443 e. The molecule has 1 N–H and O–H groups in total. The molecule has 57 heavy (non-hydrogen) atoms. The van der Waals surface area contributed by atoms with Gasteiger partial charge in [0.05, 0.1) is 27.5 Å². The van der Waals surface area contributed by atoms with Crippen molar-refractivity contribution in [3.63, 3.8) is 0 Å². The molecule has 1 aliphatic heterocycles. The summed E-state index contributed by atoms with van der Waals surface area (Å²) in [5, 5.41) is 13.5. The van der Waals surface area contributed by atoms with E-state index in [1.54, 1.807) is 27.8 Å². The Morgan fingerprint density at radius 2 is 1.68 bits per heavy atom. The van der Waals surface area contributed by atoms with Crippen LogP contribution in [0.5, 0.6) is 0 Å². The molecule has 1 amide bonds. The van der Waals surface area contributed by atoms with Crippen molar-refractivity contribution in [1.82, 2.24) is 4.90 Å². The van der Waals surface area contributed by atoms with Gasteiger partial charge in [0.1, 0.15) is 10.3 Å². The molecule has 0 saturated heterocycles. The van der Waals surface area contributed by atoms with Crippen LogP contribution in [0.25, 0.3) is 16.3 Å². The minimum absolute atomic E-state index is 0.406. The minimum atomic E-state index is -4.52. The summed E-state index contributed by atoms with van der Waals surface area (Å²) in [5.41, 5.74) is 0.961. The zero-order chi connectivity index (χ0) is 41.5. The molecule has 1 aromatic heterocycles. The van der Waals surface area contributed by atoms with E-state index in [2.05, 4.69) is 16.3 Å². The Hall–Kier alpha value is -3.48. The van der Waals surface area contributed by atoms with E-state index in [1.165, 1.54) is 46.2 Å². The predicted molar refractivity (Wildman–Crippen MR) is 213 cm³/mol. The number of amides is 1. The van der Waals surface area contributed by atoms with E-state index in [4.69, 9.17) is 9.99 Å². The summed E-state index contributed by atoms with van der Waals surface area (Å²) in [6.45, 7) is 8.32.